The van der Waals surface area contributed by atoms with Gasteiger partial charge >= 0.3 is 0 Å². The summed E-state index contributed by atoms with van der Waals surface area (Å²) >= 11 is 0. The number of aromatic hydroxyl groups is 1. The Balaban J connectivity index is 2.48. The summed E-state index contributed by atoms with van der Waals surface area (Å²) in [5.41, 5.74) is 0.637. The molecule has 2 N–H and O–H groups in total. The number of hydrogen-bond donors (Lipinski definition) is 2. The van der Waals surface area contributed by atoms with Gasteiger partial charge in [0, 0.05) is 19.2 Å². The van der Waals surface area contributed by atoms with E-state index < -0.39 is 5.82 Å². The van der Waals surface area contributed by atoms with Crippen molar-refractivity contribution in [3.8, 4) is 5.75 Å². The second-order valence-electron chi connectivity index (χ2n) is 4.34. The standard InChI is InChI=1S/C13H19FN2O2/c1-3-4-15-13(18)9-16(2)8-10-5-11(14)7-12(17)6-10/h5-7,17H,3-4,8-9H2,1-2H3,(H,15,18). The summed E-state index contributed by atoms with van der Waals surface area (Å²) in [6.07, 6.45) is 0.896. The maximum Gasteiger partial charge on any atom is 0.234 e. The van der Waals surface area contributed by atoms with Gasteiger partial charge in [0.05, 0.1) is 6.54 Å². The number of benzene rings is 1. The molecule has 5 heteroatoms. The van der Waals surface area contributed by atoms with Crippen molar-refractivity contribution in [3.05, 3.63) is 29.6 Å². The number of phenolic OH excluding ortho intramolecular Hbond substituents is 1. The topological polar surface area (TPSA) is 52.6 Å². The van der Waals surface area contributed by atoms with Crippen LogP contribution in [0, 0.1) is 5.82 Å². The van der Waals surface area contributed by atoms with Gasteiger partial charge in [0.25, 0.3) is 0 Å². The van der Waals surface area contributed by atoms with Crippen molar-refractivity contribution in [2.24, 2.45) is 0 Å². The van der Waals surface area contributed by atoms with E-state index in [1.807, 2.05) is 6.92 Å². The van der Waals surface area contributed by atoms with Crippen LogP contribution in [0.3, 0.4) is 0 Å². The van der Waals surface area contributed by atoms with Gasteiger partial charge in [-0.1, -0.05) is 6.92 Å². The van der Waals surface area contributed by atoms with Gasteiger partial charge in [-0.25, -0.2) is 4.39 Å². The minimum Gasteiger partial charge on any atom is -0.508 e. The zero-order valence-electron chi connectivity index (χ0n) is 10.7. The Morgan fingerprint density at radius 3 is 2.78 bits per heavy atom. The van der Waals surface area contributed by atoms with Crippen molar-refractivity contribution in [2.45, 2.75) is 19.9 Å². The molecule has 1 amide bonds. The lowest BCUT2D eigenvalue weighted by Crippen LogP contribution is -2.35. The lowest BCUT2D eigenvalue weighted by molar-refractivity contribution is -0.122. The fourth-order valence-corrected chi connectivity index (χ4v) is 1.66. The summed E-state index contributed by atoms with van der Waals surface area (Å²) in [6, 6.07) is 3.89. The molecule has 0 saturated carbocycles. The molecule has 0 atom stereocenters. The van der Waals surface area contributed by atoms with Gasteiger partial charge < -0.3 is 10.4 Å². The van der Waals surface area contributed by atoms with Gasteiger partial charge in [-0.05, 0) is 31.2 Å². The average Bonchev–Trinajstić information content (AvgIpc) is 2.24. The van der Waals surface area contributed by atoms with Crippen LogP contribution >= 0.6 is 0 Å². The molecule has 100 valence electrons. The highest BCUT2D eigenvalue weighted by Crippen LogP contribution is 2.15. The maximum absolute atomic E-state index is 13.0. The highest BCUT2D eigenvalue weighted by molar-refractivity contribution is 5.77. The molecule has 4 nitrogen and oxygen atoms in total. The number of nitrogens with zero attached hydrogens (tertiary/aromatic N) is 1. The third-order valence-corrected chi connectivity index (χ3v) is 2.38. The van der Waals surface area contributed by atoms with Gasteiger partial charge in [0.2, 0.25) is 5.91 Å². The quantitative estimate of drug-likeness (QED) is 0.808. The van der Waals surface area contributed by atoms with Gasteiger partial charge in [-0.2, -0.15) is 0 Å². The number of amides is 1. The molecule has 0 radical (unpaired) electrons. The molecule has 1 aromatic rings. The highest BCUT2D eigenvalue weighted by Gasteiger charge is 2.07. The Kier molecular flexibility index (Phi) is 5.58. The highest BCUT2D eigenvalue weighted by atomic mass is 19.1. The van der Waals surface area contributed by atoms with Crippen molar-refractivity contribution >= 4 is 5.91 Å². The molecular formula is C13H19FN2O2. The van der Waals surface area contributed by atoms with Crippen molar-refractivity contribution < 1.29 is 14.3 Å². The first-order valence-corrected chi connectivity index (χ1v) is 5.95. The number of nitrogens with one attached hydrogen (secondary N) is 1. The van der Waals surface area contributed by atoms with Crippen molar-refractivity contribution in [2.75, 3.05) is 20.1 Å². The molecule has 18 heavy (non-hydrogen) atoms. The first kappa shape index (κ1) is 14.4. The molecule has 0 fully saturated rings. The maximum atomic E-state index is 13.0. The number of carbonyl (C=O) groups is 1. The first-order valence-electron chi connectivity index (χ1n) is 5.95. The van der Waals surface area contributed by atoms with Crippen LogP contribution in [0.2, 0.25) is 0 Å². The van der Waals surface area contributed by atoms with Crippen LogP contribution in [0.25, 0.3) is 0 Å². The van der Waals surface area contributed by atoms with E-state index in [-0.39, 0.29) is 18.2 Å². The molecule has 0 aliphatic carbocycles. The summed E-state index contributed by atoms with van der Waals surface area (Å²) in [6.45, 7) is 3.30. The van der Waals surface area contributed by atoms with Crippen LogP contribution in [0.5, 0.6) is 5.75 Å². The van der Waals surface area contributed by atoms with E-state index in [9.17, 15) is 14.3 Å². The molecule has 0 unspecified atom stereocenters. The molecule has 1 aromatic carbocycles. The molecule has 0 heterocycles. The summed E-state index contributed by atoms with van der Waals surface area (Å²) in [7, 11) is 1.77. The van der Waals surface area contributed by atoms with Crippen LogP contribution in [0.1, 0.15) is 18.9 Å². The summed E-state index contributed by atoms with van der Waals surface area (Å²) < 4.78 is 13.0. The Morgan fingerprint density at radius 2 is 2.17 bits per heavy atom. The SMILES string of the molecule is CCCNC(=O)CN(C)Cc1cc(O)cc(F)c1. The van der Waals surface area contributed by atoms with Crippen LogP contribution in [-0.2, 0) is 11.3 Å². The van der Waals surface area contributed by atoms with E-state index in [0.717, 1.165) is 12.5 Å². The lowest BCUT2D eigenvalue weighted by Gasteiger charge is -2.16. The predicted molar refractivity (Wildman–Crippen MR) is 67.7 cm³/mol. The third kappa shape index (κ3) is 5.14. The van der Waals surface area contributed by atoms with Crippen LogP contribution < -0.4 is 5.32 Å². The number of likely N-dealkylation sites (N-methyl/N-ethyl adjacent to an activating group) is 1. The molecule has 0 bridgehead atoms. The Morgan fingerprint density at radius 1 is 1.44 bits per heavy atom. The molecule has 0 aromatic heterocycles. The van der Waals surface area contributed by atoms with Crippen molar-refractivity contribution in [3.63, 3.8) is 0 Å². The largest absolute Gasteiger partial charge is 0.508 e. The molecular weight excluding hydrogens is 235 g/mol. The number of halogens is 1. The Bertz CT molecular complexity index is 390. The molecule has 0 aliphatic heterocycles. The van der Waals surface area contributed by atoms with Crippen LogP contribution in [0.15, 0.2) is 18.2 Å². The zero-order chi connectivity index (χ0) is 13.5. The normalized spacial score (nSPS) is 10.7. The lowest BCUT2D eigenvalue weighted by atomic mass is 10.2. The third-order valence-electron chi connectivity index (χ3n) is 2.38. The second-order valence-corrected chi connectivity index (χ2v) is 4.34. The summed E-state index contributed by atoms with van der Waals surface area (Å²) in [4.78, 5) is 13.2. The summed E-state index contributed by atoms with van der Waals surface area (Å²) in [5.74, 6) is -0.636. The van der Waals surface area contributed by atoms with Crippen molar-refractivity contribution in [1.29, 1.82) is 0 Å². The van der Waals surface area contributed by atoms with E-state index in [1.54, 1.807) is 11.9 Å². The molecule has 0 spiro atoms. The minimum atomic E-state index is -0.478. The van der Waals surface area contributed by atoms with Crippen LogP contribution in [-0.4, -0.2) is 36.1 Å². The van der Waals surface area contributed by atoms with E-state index in [0.29, 0.717) is 18.7 Å². The summed E-state index contributed by atoms with van der Waals surface area (Å²) in [5, 5.41) is 12.0. The van der Waals surface area contributed by atoms with E-state index in [1.165, 1.54) is 12.1 Å². The number of hydrogen-bond acceptors (Lipinski definition) is 3. The number of carbonyl (C=O) groups excluding carboxylic acids is 1. The monoisotopic (exact) mass is 254 g/mol. The zero-order valence-corrected chi connectivity index (χ0v) is 10.7. The van der Waals surface area contributed by atoms with Gasteiger partial charge in [0.1, 0.15) is 11.6 Å². The van der Waals surface area contributed by atoms with Crippen LogP contribution in [0.4, 0.5) is 4.39 Å². The van der Waals surface area contributed by atoms with E-state index in [2.05, 4.69) is 5.32 Å². The number of phenols is 1. The van der Waals surface area contributed by atoms with Gasteiger partial charge in [0.15, 0.2) is 0 Å². The fraction of sp³-hybridized carbons (Fsp3) is 0.462. The Labute approximate surface area is 106 Å². The van der Waals surface area contributed by atoms with Gasteiger partial charge in [-0.15, -0.1) is 0 Å². The van der Waals surface area contributed by atoms with E-state index >= 15 is 0 Å². The van der Waals surface area contributed by atoms with Crippen molar-refractivity contribution in [1.82, 2.24) is 10.2 Å². The number of rotatable bonds is 6. The Hall–Kier alpha value is -1.62. The molecule has 1 rings (SSSR count). The first-order chi connectivity index (χ1) is 8.51. The minimum absolute atomic E-state index is 0.0556. The predicted octanol–water partition coefficient (Wildman–Crippen LogP) is 1.49. The molecule has 0 saturated heterocycles. The van der Waals surface area contributed by atoms with Gasteiger partial charge in [-0.3, -0.25) is 9.69 Å². The fourth-order valence-electron chi connectivity index (χ4n) is 1.66. The smallest absolute Gasteiger partial charge is 0.234 e. The van der Waals surface area contributed by atoms with E-state index in [4.69, 9.17) is 0 Å². The average molecular weight is 254 g/mol. The second kappa shape index (κ2) is 6.96. The molecule has 0 aliphatic rings.